The molecule has 0 aromatic carbocycles. The summed E-state index contributed by atoms with van der Waals surface area (Å²) in [6.45, 7) is 1.38. The average molecular weight is 179 g/mol. The van der Waals surface area contributed by atoms with Crippen LogP contribution < -0.4 is 0 Å². The molecule has 2 rings (SSSR count). The van der Waals surface area contributed by atoms with E-state index in [1.54, 1.807) is 0 Å². The van der Waals surface area contributed by atoms with Gasteiger partial charge >= 0.3 is 0 Å². The largest absolute Gasteiger partial charge is 0.293 e. The van der Waals surface area contributed by atoms with Crippen molar-refractivity contribution in [1.82, 2.24) is 14.6 Å². The van der Waals surface area contributed by atoms with Gasteiger partial charge in [0.15, 0.2) is 17.2 Å². The molecule has 0 N–H and O–H groups in total. The molecule has 0 bridgehead atoms. The molecule has 0 amide bonds. The normalized spacial score (nSPS) is 10.6. The third kappa shape index (κ3) is 1.18. The van der Waals surface area contributed by atoms with Crippen LogP contribution in [0.25, 0.3) is 5.65 Å². The Morgan fingerprint density at radius 1 is 1.62 bits per heavy atom. The Hall–Kier alpha value is -1.78. The van der Waals surface area contributed by atoms with Crippen molar-refractivity contribution in [3.05, 3.63) is 30.0 Å². The summed E-state index contributed by atoms with van der Waals surface area (Å²) >= 11 is 0. The highest BCUT2D eigenvalue weighted by atomic mass is 19.1. The van der Waals surface area contributed by atoms with Gasteiger partial charge in [0.05, 0.1) is 6.20 Å². The Morgan fingerprint density at radius 3 is 3.08 bits per heavy atom. The maximum atomic E-state index is 12.9. The molecular formula is C8H6FN3O. The standard InChI is InChI=1S/C8H6FN3O/c1-5(13)7-2-3-12-8(11-7)6(9)4-10-12/h2-4H,1H3. The van der Waals surface area contributed by atoms with Crippen LogP contribution >= 0.6 is 0 Å². The van der Waals surface area contributed by atoms with Gasteiger partial charge in [-0.05, 0) is 6.07 Å². The number of halogens is 1. The first-order valence-electron chi connectivity index (χ1n) is 3.69. The number of fused-ring (bicyclic) bond motifs is 1. The zero-order valence-corrected chi connectivity index (χ0v) is 6.86. The molecule has 2 heterocycles. The lowest BCUT2D eigenvalue weighted by Gasteiger charge is -1.95. The molecule has 2 aromatic rings. The van der Waals surface area contributed by atoms with Crippen molar-refractivity contribution in [3.63, 3.8) is 0 Å². The maximum absolute atomic E-state index is 12.9. The van der Waals surface area contributed by atoms with Gasteiger partial charge < -0.3 is 0 Å². The van der Waals surface area contributed by atoms with Crippen LogP contribution in [-0.2, 0) is 0 Å². The fourth-order valence-electron chi connectivity index (χ4n) is 1.04. The SMILES string of the molecule is CC(=O)c1ccn2ncc(F)c2n1. The molecule has 0 aliphatic carbocycles. The fraction of sp³-hybridized carbons (Fsp3) is 0.125. The van der Waals surface area contributed by atoms with E-state index in [-0.39, 0.29) is 17.1 Å². The third-order valence-corrected chi connectivity index (χ3v) is 1.69. The van der Waals surface area contributed by atoms with Gasteiger partial charge in [-0.1, -0.05) is 0 Å². The van der Waals surface area contributed by atoms with E-state index in [0.29, 0.717) is 0 Å². The van der Waals surface area contributed by atoms with Crippen molar-refractivity contribution in [2.45, 2.75) is 6.92 Å². The summed E-state index contributed by atoms with van der Waals surface area (Å²) in [5, 5.41) is 3.69. The highest BCUT2D eigenvalue weighted by Gasteiger charge is 2.07. The Bertz CT molecular complexity index is 477. The first-order chi connectivity index (χ1) is 6.18. The van der Waals surface area contributed by atoms with Crippen LogP contribution in [0.3, 0.4) is 0 Å². The molecule has 66 valence electrons. The summed E-state index contributed by atoms with van der Waals surface area (Å²) in [6, 6.07) is 1.50. The zero-order chi connectivity index (χ0) is 9.42. The lowest BCUT2D eigenvalue weighted by atomic mass is 10.3. The molecule has 0 unspecified atom stereocenters. The van der Waals surface area contributed by atoms with Gasteiger partial charge in [-0.25, -0.2) is 13.9 Å². The van der Waals surface area contributed by atoms with E-state index in [4.69, 9.17) is 0 Å². The predicted octanol–water partition coefficient (Wildman–Crippen LogP) is 1.07. The Kier molecular flexibility index (Phi) is 1.58. The number of carbonyl (C=O) groups excluding carboxylic acids is 1. The molecule has 0 radical (unpaired) electrons. The average Bonchev–Trinajstić information content (AvgIpc) is 2.47. The lowest BCUT2D eigenvalue weighted by molar-refractivity contribution is 0.101. The van der Waals surface area contributed by atoms with E-state index in [2.05, 4.69) is 10.1 Å². The van der Waals surface area contributed by atoms with Crippen molar-refractivity contribution >= 4 is 11.4 Å². The van der Waals surface area contributed by atoms with E-state index in [1.165, 1.54) is 23.7 Å². The number of Topliss-reactive ketones (excluding diaryl/α,β-unsaturated/α-hetero) is 1. The van der Waals surface area contributed by atoms with E-state index >= 15 is 0 Å². The molecule has 5 heteroatoms. The van der Waals surface area contributed by atoms with E-state index in [9.17, 15) is 9.18 Å². The zero-order valence-electron chi connectivity index (χ0n) is 6.86. The van der Waals surface area contributed by atoms with E-state index in [1.807, 2.05) is 0 Å². The van der Waals surface area contributed by atoms with Gasteiger partial charge in [0.25, 0.3) is 0 Å². The van der Waals surface area contributed by atoms with Crippen LogP contribution in [0.2, 0.25) is 0 Å². The second-order valence-electron chi connectivity index (χ2n) is 2.63. The predicted molar refractivity (Wildman–Crippen MR) is 42.9 cm³/mol. The number of hydrogen-bond donors (Lipinski definition) is 0. The molecule has 2 aromatic heterocycles. The summed E-state index contributed by atoms with van der Waals surface area (Å²) < 4.78 is 14.2. The molecule has 0 aliphatic heterocycles. The van der Waals surface area contributed by atoms with Crippen molar-refractivity contribution < 1.29 is 9.18 Å². The molecule has 13 heavy (non-hydrogen) atoms. The number of aromatic nitrogens is 3. The minimum atomic E-state index is -0.525. The first-order valence-corrected chi connectivity index (χ1v) is 3.69. The van der Waals surface area contributed by atoms with Crippen LogP contribution in [0.1, 0.15) is 17.4 Å². The molecule has 0 saturated carbocycles. The first kappa shape index (κ1) is 7.85. The van der Waals surface area contributed by atoms with Crippen molar-refractivity contribution in [3.8, 4) is 0 Å². The van der Waals surface area contributed by atoms with Crippen molar-refractivity contribution in [2.24, 2.45) is 0 Å². The van der Waals surface area contributed by atoms with E-state index < -0.39 is 5.82 Å². The highest BCUT2D eigenvalue weighted by Crippen LogP contribution is 2.06. The second-order valence-corrected chi connectivity index (χ2v) is 2.63. The van der Waals surface area contributed by atoms with Gasteiger partial charge in [-0.2, -0.15) is 5.10 Å². The highest BCUT2D eigenvalue weighted by molar-refractivity contribution is 5.92. The fourth-order valence-corrected chi connectivity index (χ4v) is 1.04. The minimum absolute atomic E-state index is 0.0766. The monoisotopic (exact) mass is 179 g/mol. The minimum Gasteiger partial charge on any atom is -0.293 e. The summed E-state index contributed by atoms with van der Waals surface area (Å²) in [6.07, 6.45) is 2.56. The van der Waals surface area contributed by atoms with Gasteiger partial charge in [-0.15, -0.1) is 0 Å². The summed E-state index contributed by atoms with van der Waals surface area (Å²) in [5.41, 5.74) is 0.319. The van der Waals surface area contributed by atoms with Gasteiger partial charge in [0.1, 0.15) is 5.69 Å². The molecule has 0 spiro atoms. The van der Waals surface area contributed by atoms with Crippen molar-refractivity contribution in [2.75, 3.05) is 0 Å². The van der Waals surface area contributed by atoms with Crippen LogP contribution in [0.4, 0.5) is 4.39 Å². The molecule has 0 saturated heterocycles. The van der Waals surface area contributed by atoms with Gasteiger partial charge in [0.2, 0.25) is 0 Å². The number of carbonyl (C=O) groups is 1. The summed E-state index contributed by atoms with van der Waals surface area (Å²) in [4.78, 5) is 14.7. The Morgan fingerprint density at radius 2 is 2.38 bits per heavy atom. The molecule has 0 aliphatic rings. The van der Waals surface area contributed by atoms with Crippen LogP contribution in [-0.4, -0.2) is 20.4 Å². The van der Waals surface area contributed by atoms with Crippen LogP contribution in [0, 0.1) is 5.82 Å². The van der Waals surface area contributed by atoms with Crippen molar-refractivity contribution in [1.29, 1.82) is 0 Å². The Balaban J connectivity index is 2.72. The third-order valence-electron chi connectivity index (χ3n) is 1.69. The number of rotatable bonds is 1. The summed E-state index contributed by atoms with van der Waals surface area (Å²) in [7, 11) is 0. The number of hydrogen-bond acceptors (Lipinski definition) is 3. The van der Waals surface area contributed by atoms with Gasteiger partial charge in [-0.3, -0.25) is 4.79 Å². The quantitative estimate of drug-likeness (QED) is 0.615. The molecule has 0 atom stereocenters. The molecule has 0 fully saturated rings. The smallest absolute Gasteiger partial charge is 0.192 e. The molecule has 4 nitrogen and oxygen atoms in total. The number of nitrogens with zero attached hydrogens (tertiary/aromatic N) is 3. The van der Waals surface area contributed by atoms with Gasteiger partial charge in [0, 0.05) is 13.1 Å². The topological polar surface area (TPSA) is 47.3 Å². The summed E-state index contributed by atoms with van der Waals surface area (Å²) in [5.74, 6) is -0.716. The van der Waals surface area contributed by atoms with E-state index in [0.717, 1.165) is 6.20 Å². The van der Waals surface area contributed by atoms with Crippen LogP contribution in [0.15, 0.2) is 18.5 Å². The second kappa shape index (κ2) is 2.62. The molecular weight excluding hydrogens is 173 g/mol. The lowest BCUT2D eigenvalue weighted by Crippen LogP contribution is -2.00. The number of ketones is 1. The van der Waals surface area contributed by atoms with Crippen LogP contribution in [0.5, 0.6) is 0 Å². The Labute approximate surface area is 73.0 Å². The maximum Gasteiger partial charge on any atom is 0.192 e.